The number of aromatic nitrogens is 2. The number of likely N-dealkylation sites (tertiary alicyclic amines) is 1. The number of ether oxygens (including phenoxy) is 2. The van der Waals surface area contributed by atoms with E-state index in [2.05, 4.69) is 9.97 Å². The first kappa shape index (κ1) is 16.8. The average molecular weight is 307 g/mol. The number of carbonyl (C=O) groups excluding carboxylic acids is 1. The van der Waals surface area contributed by atoms with Gasteiger partial charge < -0.3 is 14.4 Å². The van der Waals surface area contributed by atoms with Crippen molar-refractivity contribution in [3.63, 3.8) is 0 Å². The van der Waals surface area contributed by atoms with Crippen molar-refractivity contribution < 1.29 is 14.3 Å². The molecule has 0 aliphatic carbocycles. The second-order valence-corrected chi connectivity index (χ2v) is 5.58. The molecule has 122 valence electrons. The molecule has 1 unspecified atom stereocenters. The minimum Gasteiger partial charge on any atom is -0.377 e. The van der Waals surface area contributed by atoms with Gasteiger partial charge in [-0.15, -0.1) is 0 Å². The third kappa shape index (κ3) is 4.24. The van der Waals surface area contributed by atoms with E-state index in [0.717, 1.165) is 36.5 Å². The molecule has 1 aromatic rings. The molecule has 0 N–H and O–H groups in total. The van der Waals surface area contributed by atoms with Gasteiger partial charge in [0, 0.05) is 44.5 Å². The van der Waals surface area contributed by atoms with Crippen LogP contribution in [0.25, 0.3) is 0 Å². The van der Waals surface area contributed by atoms with Gasteiger partial charge >= 0.3 is 0 Å². The van der Waals surface area contributed by atoms with Crippen molar-refractivity contribution in [1.82, 2.24) is 14.9 Å². The third-order valence-electron chi connectivity index (χ3n) is 3.91. The number of amides is 1. The highest BCUT2D eigenvalue weighted by molar-refractivity contribution is 5.77. The standard InChI is InChI=1S/C16H25N3O3/c1-4-22-10-14-8-17-12(2)18-16(14)13-6-5-7-19(9-13)15(20)11-21-3/h8,13H,4-7,9-11H2,1-3H3. The van der Waals surface area contributed by atoms with Crippen molar-refractivity contribution in [2.75, 3.05) is 33.4 Å². The Morgan fingerprint density at radius 1 is 1.50 bits per heavy atom. The zero-order valence-electron chi connectivity index (χ0n) is 13.7. The fourth-order valence-electron chi connectivity index (χ4n) is 2.83. The van der Waals surface area contributed by atoms with Gasteiger partial charge in [0.25, 0.3) is 0 Å². The molecule has 1 aromatic heterocycles. The van der Waals surface area contributed by atoms with Crippen LogP contribution >= 0.6 is 0 Å². The highest BCUT2D eigenvalue weighted by Crippen LogP contribution is 2.28. The van der Waals surface area contributed by atoms with Crippen molar-refractivity contribution >= 4 is 5.91 Å². The molecule has 6 heteroatoms. The molecule has 0 spiro atoms. The molecule has 1 aliphatic heterocycles. The van der Waals surface area contributed by atoms with E-state index >= 15 is 0 Å². The summed E-state index contributed by atoms with van der Waals surface area (Å²) in [4.78, 5) is 22.8. The van der Waals surface area contributed by atoms with Crippen molar-refractivity contribution in [3.05, 3.63) is 23.3 Å². The van der Waals surface area contributed by atoms with Gasteiger partial charge in [0.2, 0.25) is 5.91 Å². The monoisotopic (exact) mass is 307 g/mol. The number of carbonyl (C=O) groups is 1. The maximum Gasteiger partial charge on any atom is 0.248 e. The third-order valence-corrected chi connectivity index (χ3v) is 3.91. The molecule has 1 atom stereocenters. The van der Waals surface area contributed by atoms with Gasteiger partial charge in [-0.3, -0.25) is 4.79 Å². The minimum absolute atomic E-state index is 0.0457. The van der Waals surface area contributed by atoms with Crippen LogP contribution in [0.3, 0.4) is 0 Å². The highest BCUT2D eigenvalue weighted by Gasteiger charge is 2.27. The largest absolute Gasteiger partial charge is 0.377 e. The van der Waals surface area contributed by atoms with Crippen LogP contribution in [-0.2, 0) is 20.9 Å². The fourth-order valence-corrected chi connectivity index (χ4v) is 2.83. The summed E-state index contributed by atoms with van der Waals surface area (Å²) >= 11 is 0. The normalized spacial score (nSPS) is 18.5. The molecular weight excluding hydrogens is 282 g/mol. The Morgan fingerprint density at radius 3 is 3.05 bits per heavy atom. The number of hydrogen-bond acceptors (Lipinski definition) is 5. The van der Waals surface area contributed by atoms with Gasteiger partial charge in [0.1, 0.15) is 12.4 Å². The predicted octanol–water partition coefficient (Wildman–Crippen LogP) is 1.67. The van der Waals surface area contributed by atoms with Crippen LogP contribution in [0.2, 0.25) is 0 Å². The molecule has 1 amide bonds. The maximum absolute atomic E-state index is 12.0. The molecule has 0 bridgehead atoms. The summed E-state index contributed by atoms with van der Waals surface area (Å²) in [5.74, 6) is 1.05. The van der Waals surface area contributed by atoms with Crippen molar-refractivity contribution in [2.45, 2.75) is 39.2 Å². The molecule has 6 nitrogen and oxygen atoms in total. The summed E-state index contributed by atoms with van der Waals surface area (Å²) in [6, 6.07) is 0. The second-order valence-electron chi connectivity index (χ2n) is 5.58. The Balaban J connectivity index is 2.15. The lowest BCUT2D eigenvalue weighted by Crippen LogP contribution is -2.41. The van der Waals surface area contributed by atoms with E-state index in [-0.39, 0.29) is 18.4 Å². The van der Waals surface area contributed by atoms with E-state index in [1.807, 2.05) is 24.9 Å². The van der Waals surface area contributed by atoms with Gasteiger partial charge in [-0.1, -0.05) is 0 Å². The van der Waals surface area contributed by atoms with Gasteiger partial charge in [0.15, 0.2) is 0 Å². The number of aryl methyl sites for hydroxylation is 1. The number of methoxy groups -OCH3 is 1. The summed E-state index contributed by atoms with van der Waals surface area (Å²) in [5, 5.41) is 0. The quantitative estimate of drug-likeness (QED) is 0.800. The lowest BCUT2D eigenvalue weighted by atomic mass is 9.92. The van der Waals surface area contributed by atoms with Crippen LogP contribution in [0.4, 0.5) is 0 Å². The molecule has 2 rings (SSSR count). The Kier molecular flexibility index (Phi) is 6.27. The summed E-state index contributed by atoms with van der Waals surface area (Å²) in [6.45, 7) is 6.68. The lowest BCUT2D eigenvalue weighted by molar-refractivity contribution is -0.136. The number of hydrogen-bond donors (Lipinski definition) is 0. The summed E-state index contributed by atoms with van der Waals surface area (Å²) in [6.07, 6.45) is 3.87. The highest BCUT2D eigenvalue weighted by atomic mass is 16.5. The molecule has 1 saturated heterocycles. The van der Waals surface area contributed by atoms with Crippen LogP contribution in [-0.4, -0.2) is 54.2 Å². The van der Waals surface area contributed by atoms with E-state index in [9.17, 15) is 4.79 Å². The minimum atomic E-state index is 0.0457. The Hall–Kier alpha value is -1.53. The topological polar surface area (TPSA) is 64.6 Å². The molecule has 1 aliphatic rings. The predicted molar refractivity (Wildman–Crippen MR) is 82.5 cm³/mol. The summed E-state index contributed by atoms with van der Waals surface area (Å²) < 4.78 is 10.5. The first-order valence-corrected chi connectivity index (χ1v) is 7.82. The number of piperidine rings is 1. The van der Waals surface area contributed by atoms with Gasteiger partial charge in [0.05, 0.1) is 12.3 Å². The molecule has 1 fully saturated rings. The van der Waals surface area contributed by atoms with E-state index in [1.165, 1.54) is 0 Å². The lowest BCUT2D eigenvalue weighted by Gasteiger charge is -2.33. The SMILES string of the molecule is CCOCc1cnc(C)nc1C1CCCN(C(=O)COC)C1. The molecule has 0 radical (unpaired) electrons. The van der Waals surface area contributed by atoms with Crippen LogP contribution < -0.4 is 0 Å². The fraction of sp³-hybridized carbons (Fsp3) is 0.688. The Labute approximate surface area is 131 Å². The van der Waals surface area contributed by atoms with E-state index in [1.54, 1.807) is 7.11 Å². The molecule has 0 aromatic carbocycles. The molecule has 2 heterocycles. The van der Waals surface area contributed by atoms with E-state index in [0.29, 0.717) is 19.8 Å². The van der Waals surface area contributed by atoms with Crippen molar-refractivity contribution in [2.24, 2.45) is 0 Å². The van der Waals surface area contributed by atoms with Crippen molar-refractivity contribution in [1.29, 1.82) is 0 Å². The Morgan fingerprint density at radius 2 is 2.32 bits per heavy atom. The zero-order chi connectivity index (χ0) is 15.9. The first-order valence-electron chi connectivity index (χ1n) is 7.82. The van der Waals surface area contributed by atoms with Gasteiger partial charge in [-0.05, 0) is 26.7 Å². The van der Waals surface area contributed by atoms with Gasteiger partial charge in [-0.25, -0.2) is 9.97 Å². The smallest absolute Gasteiger partial charge is 0.248 e. The average Bonchev–Trinajstić information content (AvgIpc) is 2.54. The Bertz CT molecular complexity index is 507. The maximum atomic E-state index is 12.0. The molecular formula is C16H25N3O3. The van der Waals surface area contributed by atoms with Crippen LogP contribution in [0.1, 0.15) is 42.8 Å². The van der Waals surface area contributed by atoms with Crippen LogP contribution in [0.5, 0.6) is 0 Å². The summed E-state index contributed by atoms with van der Waals surface area (Å²) in [5.41, 5.74) is 2.05. The second kappa shape index (κ2) is 8.19. The number of nitrogens with zero attached hydrogens (tertiary/aromatic N) is 3. The zero-order valence-corrected chi connectivity index (χ0v) is 13.7. The van der Waals surface area contributed by atoms with Gasteiger partial charge in [-0.2, -0.15) is 0 Å². The van der Waals surface area contributed by atoms with Crippen LogP contribution in [0.15, 0.2) is 6.20 Å². The molecule has 0 saturated carbocycles. The van der Waals surface area contributed by atoms with E-state index in [4.69, 9.17) is 9.47 Å². The van der Waals surface area contributed by atoms with E-state index < -0.39 is 0 Å². The number of rotatable bonds is 6. The summed E-state index contributed by atoms with van der Waals surface area (Å²) in [7, 11) is 1.55. The molecule has 22 heavy (non-hydrogen) atoms. The van der Waals surface area contributed by atoms with Crippen molar-refractivity contribution in [3.8, 4) is 0 Å². The van der Waals surface area contributed by atoms with Crippen LogP contribution in [0, 0.1) is 6.92 Å². The first-order chi connectivity index (χ1) is 10.7.